The summed E-state index contributed by atoms with van der Waals surface area (Å²) in [7, 11) is 0. The van der Waals surface area contributed by atoms with Crippen LogP contribution < -0.4 is 4.90 Å². The van der Waals surface area contributed by atoms with E-state index in [0.717, 1.165) is 55.5 Å². The summed E-state index contributed by atoms with van der Waals surface area (Å²) < 4.78 is 0. The van der Waals surface area contributed by atoms with Crippen LogP contribution in [0.1, 0.15) is 56.0 Å². The van der Waals surface area contributed by atoms with Crippen LogP contribution in [0.3, 0.4) is 0 Å². The van der Waals surface area contributed by atoms with E-state index in [-0.39, 0.29) is 5.92 Å². The van der Waals surface area contributed by atoms with Gasteiger partial charge in [-0.2, -0.15) is 9.97 Å². The molecule has 0 saturated heterocycles. The Morgan fingerprint density at radius 3 is 1.45 bits per heavy atom. The Hall–Kier alpha value is -7.95. The van der Waals surface area contributed by atoms with Crippen LogP contribution in [0.25, 0.3) is 55.8 Å². The van der Waals surface area contributed by atoms with Crippen LogP contribution in [-0.2, 0) is 0 Å². The van der Waals surface area contributed by atoms with Gasteiger partial charge in [-0.15, -0.1) is 0 Å². The molecule has 0 bridgehead atoms. The number of aromatic nitrogens is 3. The van der Waals surface area contributed by atoms with Gasteiger partial charge >= 0.3 is 0 Å². The predicted molar refractivity (Wildman–Crippen MR) is 276 cm³/mol. The summed E-state index contributed by atoms with van der Waals surface area (Å²) in [4.78, 5) is 18.5. The van der Waals surface area contributed by atoms with E-state index in [0.29, 0.717) is 17.6 Å². The highest BCUT2D eigenvalue weighted by atomic mass is 15.3. The lowest BCUT2D eigenvalue weighted by molar-refractivity contribution is 0.919. The van der Waals surface area contributed by atoms with E-state index in [4.69, 9.17) is 15.0 Å². The van der Waals surface area contributed by atoms with Crippen molar-refractivity contribution in [1.29, 1.82) is 0 Å². The molecular formula is C62H52N4. The summed E-state index contributed by atoms with van der Waals surface area (Å²) >= 11 is 0. The molecule has 0 aliphatic carbocycles. The van der Waals surface area contributed by atoms with Crippen molar-refractivity contribution < 1.29 is 0 Å². The first-order valence-electron chi connectivity index (χ1n) is 22.8. The van der Waals surface area contributed by atoms with Gasteiger partial charge in [-0.05, 0) is 132 Å². The van der Waals surface area contributed by atoms with Crippen molar-refractivity contribution in [1.82, 2.24) is 15.0 Å². The van der Waals surface area contributed by atoms with Gasteiger partial charge in [0.25, 0.3) is 0 Å². The van der Waals surface area contributed by atoms with E-state index in [2.05, 4.69) is 241 Å². The zero-order valence-electron chi connectivity index (χ0n) is 38.4. The van der Waals surface area contributed by atoms with Crippen molar-refractivity contribution in [2.45, 2.75) is 47.5 Å². The molecule has 10 aromatic rings. The van der Waals surface area contributed by atoms with Gasteiger partial charge in [-0.25, -0.2) is 4.98 Å². The first-order chi connectivity index (χ1) is 32.2. The Kier molecular flexibility index (Phi) is 11.4. The van der Waals surface area contributed by atoms with Crippen molar-refractivity contribution in [3.05, 3.63) is 250 Å². The molecule has 4 nitrogen and oxygen atoms in total. The fourth-order valence-electron chi connectivity index (χ4n) is 10.1. The standard InChI is InChI=1S/C62H52N4/c1-40-35-42(3)57(43(4)36-40)59(58-44(5)37-41(2)38-45(58)6)49-31-33-52(34-32-49)66(56-28-18-17-26-54(56)48-22-11-8-12-23-48)62-64-60(51-30-29-46-19-13-14-24-50(46)39-51)63-61(65-62)55-27-16-15-25-53(55)47-20-9-7-10-21-47/h7-39,59H,1-6H3. The van der Waals surface area contributed by atoms with Crippen molar-refractivity contribution in [2.75, 3.05) is 4.90 Å². The molecule has 1 aromatic heterocycles. The van der Waals surface area contributed by atoms with Gasteiger partial charge in [-0.3, -0.25) is 4.90 Å². The molecule has 0 aliphatic heterocycles. The number of anilines is 3. The highest BCUT2D eigenvalue weighted by Crippen LogP contribution is 2.44. The van der Waals surface area contributed by atoms with Crippen molar-refractivity contribution in [2.24, 2.45) is 0 Å². The third kappa shape index (κ3) is 8.19. The van der Waals surface area contributed by atoms with E-state index in [9.17, 15) is 0 Å². The Morgan fingerprint density at radius 2 is 0.848 bits per heavy atom. The third-order valence-corrected chi connectivity index (χ3v) is 12.9. The predicted octanol–water partition coefficient (Wildman–Crippen LogP) is 16.2. The molecule has 66 heavy (non-hydrogen) atoms. The second kappa shape index (κ2) is 17.9. The Morgan fingerprint density at radius 1 is 0.364 bits per heavy atom. The molecule has 0 spiro atoms. The highest BCUT2D eigenvalue weighted by molar-refractivity contribution is 5.89. The van der Waals surface area contributed by atoms with E-state index in [1.165, 1.54) is 50.1 Å². The largest absolute Gasteiger partial charge is 0.278 e. The van der Waals surface area contributed by atoms with Crippen LogP contribution >= 0.6 is 0 Å². The summed E-state index contributed by atoms with van der Waals surface area (Å²) in [5, 5.41) is 2.28. The lowest BCUT2D eigenvalue weighted by atomic mass is 9.77. The lowest BCUT2D eigenvalue weighted by Crippen LogP contribution is -2.17. The molecular weight excluding hydrogens is 801 g/mol. The molecule has 1 heterocycles. The Balaban J connectivity index is 1.22. The minimum atomic E-state index is 0.0306. The number of aryl methyl sites for hydroxylation is 6. The average molecular weight is 853 g/mol. The maximum Gasteiger partial charge on any atom is 0.238 e. The summed E-state index contributed by atoms with van der Waals surface area (Å²) in [5.74, 6) is 1.74. The zero-order valence-corrected chi connectivity index (χ0v) is 38.4. The van der Waals surface area contributed by atoms with E-state index < -0.39 is 0 Å². The van der Waals surface area contributed by atoms with E-state index >= 15 is 0 Å². The zero-order chi connectivity index (χ0) is 45.3. The number of fused-ring (bicyclic) bond motifs is 1. The topological polar surface area (TPSA) is 41.9 Å². The fourth-order valence-corrected chi connectivity index (χ4v) is 10.1. The Labute approximate surface area is 389 Å². The Bertz CT molecular complexity index is 3270. The number of benzene rings is 9. The number of nitrogens with zero attached hydrogens (tertiary/aromatic N) is 4. The van der Waals surface area contributed by atoms with Gasteiger partial charge in [0, 0.05) is 28.3 Å². The summed E-state index contributed by atoms with van der Waals surface area (Å²) in [5.41, 5.74) is 19.7. The molecule has 0 atom stereocenters. The van der Waals surface area contributed by atoms with Gasteiger partial charge in [0.15, 0.2) is 11.6 Å². The van der Waals surface area contributed by atoms with Crippen LogP contribution in [0.5, 0.6) is 0 Å². The van der Waals surface area contributed by atoms with Crippen LogP contribution in [0.4, 0.5) is 17.3 Å². The summed E-state index contributed by atoms with van der Waals surface area (Å²) in [6.45, 7) is 13.4. The fraction of sp³-hybridized carbons (Fsp3) is 0.113. The molecule has 0 N–H and O–H groups in total. The van der Waals surface area contributed by atoms with Crippen molar-refractivity contribution >= 4 is 28.1 Å². The van der Waals surface area contributed by atoms with Gasteiger partial charge < -0.3 is 0 Å². The maximum absolute atomic E-state index is 5.48. The average Bonchev–Trinajstić information content (AvgIpc) is 3.34. The minimum absolute atomic E-state index is 0.0306. The normalized spacial score (nSPS) is 11.3. The van der Waals surface area contributed by atoms with E-state index in [1.807, 2.05) is 6.07 Å². The molecule has 320 valence electrons. The summed E-state index contributed by atoms with van der Waals surface area (Å²) in [6.07, 6.45) is 0. The molecule has 0 radical (unpaired) electrons. The molecule has 0 aliphatic rings. The van der Waals surface area contributed by atoms with Gasteiger partial charge in [0.05, 0.1) is 5.69 Å². The maximum atomic E-state index is 5.48. The second-order valence-electron chi connectivity index (χ2n) is 17.6. The molecule has 0 amide bonds. The highest BCUT2D eigenvalue weighted by Gasteiger charge is 2.27. The molecule has 0 fully saturated rings. The molecule has 4 heteroatoms. The van der Waals surface area contributed by atoms with Crippen LogP contribution in [-0.4, -0.2) is 15.0 Å². The first-order valence-corrected chi connectivity index (χ1v) is 22.8. The lowest BCUT2D eigenvalue weighted by Gasteiger charge is -2.29. The smallest absolute Gasteiger partial charge is 0.238 e. The first kappa shape index (κ1) is 42.0. The van der Waals surface area contributed by atoms with Gasteiger partial charge in [0.1, 0.15) is 0 Å². The monoisotopic (exact) mass is 852 g/mol. The van der Waals surface area contributed by atoms with Crippen LogP contribution in [0, 0.1) is 41.5 Å². The minimum Gasteiger partial charge on any atom is -0.278 e. The van der Waals surface area contributed by atoms with Crippen molar-refractivity contribution in [3.63, 3.8) is 0 Å². The molecule has 0 saturated carbocycles. The molecule has 9 aromatic carbocycles. The van der Waals surface area contributed by atoms with Gasteiger partial charge in [-0.1, -0.05) is 187 Å². The number of rotatable bonds is 10. The number of para-hydroxylation sites is 1. The van der Waals surface area contributed by atoms with Crippen LogP contribution in [0.2, 0.25) is 0 Å². The summed E-state index contributed by atoms with van der Waals surface area (Å²) in [6, 6.07) is 71.3. The number of hydrogen-bond acceptors (Lipinski definition) is 4. The number of hydrogen-bond donors (Lipinski definition) is 0. The molecule has 0 unspecified atom stereocenters. The quantitative estimate of drug-likeness (QED) is 0.129. The third-order valence-electron chi connectivity index (χ3n) is 12.9. The SMILES string of the molecule is Cc1cc(C)c(C(c2ccc(N(c3nc(-c4ccc5ccccc5c4)nc(-c4ccccc4-c4ccccc4)n3)c3ccccc3-c3ccccc3)cc2)c2c(C)cc(C)cc2C)c(C)c1. The molecule has 10 rings (SSSR count). The van der Waals surface area contributed by atoms with Crippen molar-refractivity contribution in [3.8, 4) is 45.0 Å². The second-order valence-corrected chi connectivity index (χ2v) is 17.6. The van der Waals surface area contributed by atoms with Gasteiger partial charge in [0.2, 0.25) is 5.95 Å². The van der Waals surface area contributed by atoms with Crippen LogP contribution in [0.15, 0.2) is 200 Å². The van der Waals surface area contributed by atoms with E-state index in [1.54, 1.807) is 0 Å².